The van der Waals surface area contributed by atoms with Gasteiger partial charge in [0.1, 0.15) is 5.52 Å². The van der Waals surface area contributed by atoms with Crippen LogP contribution in [0.3, 0.4) is 0 Å². The molecule has 3 N–H and O–H groups in total. The van der Waals surface area contributed by atoms with E-state index in [4.69, 9.17) is 5.73 Å². The van der Waals surface area contributed by atoms with Gasteiger partial charge in [-0.1, -0.05) is 0 Å². The van der Waals surface area contributed by atoms with Gasteiger partial charge < -0.3 is 11.1 Å². The quantitative estimate of drug-likeness (QED) is 0.649. The van der Waals surface area contributed by atoms with Gasteiger partial charge in [-0.25, -0.2) is 4.98 Å². The van der Waals surface area contributed by atoms with E-state index in [2.05, 4.69) is 10.3 Å². The Hall–Kier alpha value is -2.21. The number of hydrogen-bond donors (Lipinski definition) is 2. The maximum Gasteiger partial charge on any atom is 0.295 e. The van der Waals surface area contributed by atoms with Crippen LogP contribution in [-0.2, 0) is 0 Å². The van der Waals surface area contributed by atoms with Gasteiger partial charge in [-0.3, -0.25) is 10.1 Å². The average molecular weight is 260 g/mol. The molecule has 0 aliphatic carbocycles. The van der Waals surface area contributed by atoms with Gasteiger partial charge in [0.05, 0.1) is 4.92 Å². The third-order valence-electron chi connectivity index (χ3n) is 2.68. The fraction of sp³-hybridized carbons (Fsp3) is 0.308. The highest BCUT2D eigenvalue weighted by molar-refractivity contribution is 5.96. The van der Waals surface area contributed by atoms with Gasteiger partial charge in [-0.05, 0) is 32.0 Å². The Morgan fingerprint density at radius 1 is 1.42 bits per heavy atom. The zero-order valence-electron chi connectivity index (χ0n) is 10.9. The number of nitrogens with one attached hydrogen (secondary N) is 1. The standard InChI is InChI=1S/C13H16N4O2/c1-13(2,14)8-16-10-5-6-11(17(18)19)12-9(10)4-3-7-15-12/h3-7,16H,8,14H2,1-2H3. The van der Waals surface area contributed by atoms with E-state index in [9.17, 15) is 10.1 Å². The lowest BCUT2D eigenvalue weighted by atomic mass is 10.1. The lowest BCUT2D eigenvalue weighted by Gasteiger charge is -2.20. The smallest absolute Gasteiger partial charge is 0.295 e. The molecule has 0 spiro atoms. The van der Waals surface area contributed by atoms with Crippen molar-refractivity contribution < 1.29 is 4.92 Å². The van der Waals surface area contributed by atoms with Crippen LogP contribution in [0.15, 0.2) is 30.5 Å². The molecule has 0 radical (unpaired) electrons. The second-order valence-electron chi connectivity index (χ2n) is 5.13. The number of nitrogens with two attached hydrogens (primary N) is 1. The topological polar surface area (TPSA) is 94.1 Å². The van der Waals surface area contributed by atoms with Crippen molar-refractivity contribution in [3.63, 3.8) is 0 Å². The molecule has 2 rings (SSSR count). The second-order valence-corrected chi connectivity index (χ2v) is 5.13. The summed E-state index contributed by atoms with van der Waals surface area (Å²) in [5, 5.41) is 14.9. The summed E-state index contributed by atoms with van der Waals surface area (Å²) in [6.45, 7) is 4.38. The van der Waals surface area contributed by atoms with Crippen molar-refractivity contribution in [2.75, 3.05) is 11.9 Å². The first-order valence-electron chi connectivity index (χ1n) is 5.93. The van der Waals surface area contributed by atoms with Crippen molar-refractivity contribution in [2.24, 2.45) is 5.73 Å². The molecule has 0 aliphatic rings. The molecule has 1 aromatic heterocycles. The number of rotatable bonds is 4. The molecule has 0 bridgehead atoms. The lowest BCUT2D eigenvalue weighted by Crippen LogP contribution is -2.39. The molecule has 0 fully saturated rings. The SMILES string of the molecule is CC(C)(N)CNc1ccc([N+](=O)[O-])c2ncccc12. The largest absolute Gasteiger partial charge is 0.383 e. The lowest BCUT2D eigenvalue weighted by molar-refractivity contribution is -0.383. The summed E-state index contributed by atoms with van der Waals surface area (Å²) < 4.78 is 0. The van der Waals surface area contributed by atoms with Crippen LogP contribution < -0.4 is 11.1 Å². The van der Waals surface area contributed by atoms with Crippen LogP contribution >= 0.6 is 0 Å². The van der Waals surface area contributed by atoms with E-state index < -0.39 is 4.92 Å². The Labute approximate surface area is 110 Å². The molecule has 0 aliphatic heterocycles. The van der Waals surface area contributed by atoms with E-state index >= 15 is 0 Å². The molecular formula is C13H16N4O2. The molecule has 19 heavy (non-hydrogen) atoms. The van der Waals surface area contributed by atoms with E-state index in [1.807, 2.05) is 13.8 Å². The van der Waals surface area contributed by atoms with E-state index in [0.717, 1.165) is 11.1 Å². The molecule has 100 valence electrons. The highest BCUT2D eigenvalue weighted by Crippen LogP contribution is 2.29. The number of nitro groups is 1. The van der Waals surface area contributed by atoms with Gasteiger partial charge in [0, 0.05) is 35.4 Å². The minimum atomic E-state index is -0.425. The Kier molecular flexibility index (Phi) is 3.35. The predicted molar refractivity (Wildman–Crippen MR) is 75.2 cm³/mol. The zero-order valence-corrected chi connectivity index (χ0v) is 10.9. The Bertz CT molecular complexity index is 620. The normalized spacial score (nSPS) is 11.5. The Morgan fingerprint density at radius 2 is 2.16 bits per heavy atom. The van der Waals surface area contributed by atoms with E-state index in [1.54, 1.807) is 24.4 Å². The van der Waals surface area contributed by atoms with Crippen LogP contribution in [0.5, 0.6) is 0 Å². The highest BCUT2D eigenvalue weighted by Gasteiger charge is 2.16. The molecule has 6 heteroatoms. The fourth-order valence-electron chi connectivity index (χ4n) is 1.78. The van der Waals surface area contributed by atoms with Gasteiger partial charge in [0.15, 0.2) is 0 Å². The molecule has 0 saturated heterocycles. The van der Waals surface area contributed by atoms with Crippen molar-refractivity contribution in [2.45, 2.75) is 19.4 Å². The number of aromatic nitrogens is 1. The van der Waals surface area contributed by atoms with Crippen LogP contribution in [0, 0.1) is 10.1 Å². The van der Waals surface area contributed by atoms with Crippen molar-refractivity contribution in [3.05, 3.63) is 40.6 Å². The van der Waals surface area contributed by atoms with Crippen LogP contribution in [0.2, 0.25) is 0 Å². The summed E-state index contributed by atoms with van der Waals surface area (Å²) in [5.74, 6) is 0. The van der Waals surface area contributed by atoms with E-state index in [1.165, 1.54) is 6.07 Å². The summed E-state index contributed by atoms with van der Waals surface area (Å²) in [7, 11) is 0. The Balaban J connectivity index is 2.47. The number of nitro benzene ring substituents is 1. The third kappa shape index (κ3) is 2.97. The number of hydrogen-bond acceptors (Lipinski definition) is 5. The number of nitrogens with zero attached hydrogens (tertiary/aromatic N) is 2. The third-order valence-corrected chi connectivity index (χ3v) is 2.68. The summed E-state index contributed by atoms with van der Waals surface area (Å²) in [6.07, 6.45) is 1.55. The molecule has 6 nitrogen and oxygen atoms in total. The van der Waals surface area contributed by atoms with Crippen LogP contribution in [0.25, 0.3) is 10.9 Å². The summed E-state index contributed by atoms with van der Waals surface area (Å²) >= 11 is 0. The van der Waals surface area contributed by atoms with Gasteiger partial charge >= 0.3 is 0 Å². The van der Waals surface area contributed by atoms with Crippen molar-refractivity contribution in [1.29, 1.82) is 0 Å². The number of pyridine rings is 1. The molecule has 1 heterocycles. The van der Waals surface area contributed by atoms with Crippen LogP contribution in [0.1, 0.15) is 13.8 Å². The molecule has 2 aromatic rings. The van der Waals surface area contributed by atoms with Gasteiger partial charge in [0.25, 0.3) is 5.69 Å². The average Bonchev–Trinajstić information content (AvgIpc) is 2.34. The summed E-state index contributed by atoms with van der Waals surface area (Å²) in [6, 6.07) is 6.71. The maximum absolute atomic E-state index is 11.0. The fourth-order valence-corrected chi connectivity index (χ4v) is 1.78. The van der Waals surface area contributed by atoms with Crippen molar-refractivity contribution in [1.82, 2.24) is 4.98 Å². The second kappa shape index (κ2) is 4.81. The minimum Gasteiger partial charge on any atom is -0.383 e. The first-order valence-corrected chi connectivity index (χ1v) is 5.93. The van der Waals surface area contributed by atoms with E-state index in [-0.39, 0.29) is 11.2 Å². The highest BCUT2D eigenvalue weighted by atomic mass is 16.6. The number of fused-ring (bicyclic) bond motifs is 1. The first-order chi connectivity index (χ1) is 8.88. The monoisotopic (exact) mass is 260 g/mol. The van der Waals surface area contributed by atoms with Crippen LogP contribution in [-0.4, -0.2) is 22.0 Å². The summed E-state index contributed by atoms with van der Waals surface area (Å²) in [4.78, 5) is 14.6. The number of non-ortho nitro benzene ring substituents is 1. The van der Waals surface area contributed by atoms with Gasteiger partial charge in [0.2, 0.25) is 0 Å². The molecule has 1 aromatic carbocycles. The minimum absolute atomic E-state index is 0.00755. The van der Waals surface area contributed by atoms with Crippen LogP contribution in [0.4, 0.5) is 11.4 Å². The Morgan fingerprint density at radius 3 is 2.79 bits per heavy atom. The van der Waals surface area contributed by atoms with Crippen molar-refractivity contribution in [3.8, 4) is 0 Å². The van der Waals surface area contributed by atoms with Crippen molar-refractivity contribution >= 4 is 22.3 Å². The maximum atomic E-state index is 11.0. The van der Waals surface area contributed by atoms with E-state index in [0.29, 0.717) is 12.1 Å². The van der Waals surface area contributed by atoms with Gasteiger partial charge in [-0.15, -0.1) is 0 Å². The molecule has 0 atom stereocenters. The zero-order chi connectivity index (χ0) is 14.0. The number of benzene rings is 1. The molecule has 0 saturated carbocycles. The van der Waals surface area contributed by atoms with Gasteiger partial charge in [-0.2, -0.15) is 0 Å². The number of anilines is 1. The molecule has 0 unspecified atom stereocenters. The molecule has 0 amide bonds. The predicted octanol–water partition coefficient (Wildman–Crippen LogP) is 2.29. The summed E-state index contributed by atoms with van der Waals surface area (Å²) in [5.41, 5.74) is 6.74. The first kappa shape index (κ1) is 13.2. The molecular weight excluding hydrogens is 244 g/mol.